The third-order valence-electron chi connectivity index (χ3n) is 3.93. The summed E-state index contributed by atoms with van der Waals surface area (Å²) in [6, 6.07) is 4.19. The third-order valence-corrected chi connectivity index (χ3v) is 3.93. The minimum absolute atomic E-state index is 0.0944. The van der Waals surface area contributed by atoms with Crippen molar-refractivity contribution in [3.63, 3.8) is 0 Å². The number of hydrogen-bond donors (Lipinski definition) is 2. The second-order valence-electron chi connectivity index (χ2n) is 5.65. The van der Waals surface area contributed by atoms with Gasteiger partial charge in [-0.3, -0.25) is 9.69 Å². The molecule has 1 aromatic heterocycles. The summed E-state index contributed by atoms with van der Waals surface area (Å²) in [6.07, 6.45) is 4.07. The number of nitrogens with zero attached hydrogens (tertiary/aromatic N) is 2. The maximum Gasteiger partial charge on any atom is 0.239 e. The molecule has 2 heterocycles. The zero-order valence-corrected chi connectivity index (χ0v) is 12.3. The van der Waals surface area contributed by atoms with Crippen LogP contribution >= 0.6 is 0 Å². The molecule has 1 saturated heterocycles. The van der Waals surface area contributed by atoms with Gasteiger partial charge in [-0.05, 0) is 24.5 Å². The van der Waals surface area contributed by atoms with Gasteiger partial charge in [0.2, 0.25) is 5.91 Å². The number of nitrogens with one attached hydrogen (secondary N) is 2. The van der Waals surface area contributed by atoms with Crippen molar-refractivity contribution >= 4 is 11.7 Å². The van der Waals surface area contributed by atoms with E-state index in [0.717, 1.165) is 37.3 Å². The van der Waals surface area contributed by atoms with E-state index < -0.39 is 0 Å². The highest BCUT2D eigenvalue weighted by atomic mass is 16.5. The SMILES string of the molecule is CNc1ccc(CN2CCOCC2C(=O)NC2CC2)cn1. The fraction of sp³-hybridized carbons (Fsp3) is 0.600. The number of anilines is 1. The maximum atomic E-state index is 12.3. The normalized spacial score (nSPS) is 22.8. The van der Waals surface area contributed by atoms with Gasteiger partial charge in [-0.15, -0.1) is 0 Å². The summed E-state index contributed by atoms with van der Waals surface area (Å²) in [5.41, 5.74) is 1.11. The predicted octanol–water partition coefficient (Wildman–Crippen LogP) is 0.603. The molecular weight excluding hydrogens is 268 g/mol. The first-order chi connectivity index (χ1) is 10.3. The summed E-state index contributed by atoms with van der Waals surface area (Å²) >= 11 is 0. The maximum absolute atomic E-state index is 12.3. The van der Waals surface area contributed by atoms with Crippen LogP contribution in [0.4, 0.5) is 5.82 Å². The molecule has 21 heavy (non-hydrogen) atoms. The Morgan fingerprint density at radius 1 is 1.48 bits per heavy atom. The molecule has 1 amide bonds. The molecule has 2 aliphatic rings. The van der Waals surface area contributed by atoms with Crippen LogP contribution in [0.1, 0.15) is 18.4 Å². The Morgan fingerprint density at radius 2 is 2.33 bits per heavy atom. The fourth-order valence-electron chi connectivity index (χ4n) is 2.49. The molecule has 1 saturated carbocycles. The van der Waals surface area contributed by atoms with Gasteiger partial charge >= 0.3 is 0 Å². The van der Waals surface area contributed by atoms with Crippen LogP contribution in [-0.2, 0) is 16.1 Å². The minimum atomic E-state index is -0.191. The summed E-state index contributed by atoms with van der Waals surface area (Å²) in [4.78, 5) is 18.8. The number of ether oxygens (including phenoxy) is 1. The van der Waals surface area contributed by atoms with E-state index in [1.807, 2.05) is 25.4 Å². The molecule has 1 aliphatic carbocycles. The monoisotopic (exact) mass is 290 g/mol. The number of carbonyl (C=O) groups is 1. The van der Waals surface area contributed by atoms with Gasteiger partial charge in [-0.2, -0.15) is 0 Å². The van der Waals surface area contributed by atoms with Gasteiger partial charge in [0, 0.05) is 32.4 Å². The van der Waals surface area contributed by atoms with Crippen LogP contribution < -0.4 is 10.6 Å². The van der Waals surface area contributed by atoms with Crippen LogP contribution in [0.3, 0.4) is 0 Å². The van der Waals surface area contributed by atoms with E-state index in [2.05, 4.69) is 20.5 Å². The largest absolute Gasteiger partial charge is 0.378 e. The molecule has 1 unspecified atom stereocenters. The highest BCUT2D eigenvalue weighted by molar-refractivity contribution is 5.82. The lowest BCUT2D eigenvalue weighted by Gasteiger charge is -2.34. The van der Waals surface area contributed by atoms with E-state index >= 15 is 0 Å². The molecule has 0 spiro atoms. The molecule has 2 N–H and O–H groups in total. The summed E-state index contributed by atoms with van der Waals surface area (Å²) in [7, 11) is 1.85. The minimum Gasteiger partial charge on any atom is -0.378 e. The molecule has 0 radical (unpaired) electrons. The molecule has 0 bridgehead atoms. The predicted molar refractivity (Wildman–Crippen MR) is 80.0 cm³/mol. The van der Waals surface area contributed by atoms with Crippen LogP contribution in [0.2, 0.25) is 0 Å². The molecule has 2 fully saturated rings. The third kappa shape index (κ3) is 3.71. The molecule has 6 nitrogen and oxygen atoms in total. The number of hydrogen-bond acceptors (Lipinski definition) is 5. The van der Waals surface area contributed by atoms with Crippen molar-refractivity contribution in [2.45, 2.75) is 31.5 Å². The molecule has 0 aromatic carbocycles. The first-order valence-electron chi connectivity index (χ1n) is 7.51. The molecule has 3 rings (SSSR count). The summed E-state index contributed by atoms with van der Waals surface area (Å²) in [5.74, 6) is 0.945. The van der Waals surface area contributed by atoms with Crippen LogP contribution in [0, 0.1) is 0 Å². The van der Waals surface area contributed by atoms with Crippen molar-refractivity contribution in [2.75, 3.05) is 32.1 Å². The van der Waals surface area contributed by atoms with Gasteiger partial charge in [0.05, 0.1) is 13.2 Å². The Labute approximate surface area is 124 Å². The molecule has 1 aliphatic heterocycles. The number of morpholine rings is 1. The standard InChI is InChI=1S/C15H22N4O2/c1-16-14-5-2-11(8-17-14)9-19-6-7-21-10-13(19)15(20)18-12-3-4-12/h2,5,8,12-13H,3-4,6-7,9-10H2,1H3,(H,16,17)(H,18,20). The van der Waals surface area contributed by atoms with Gasteiger partial charge in [0.25, 0.3) is 0 Å². The van der Waals surface area contributed by atoms with Gasteiger partial charge in [0.15, 0.2) is 0 Å². The lowest BCUT2D eigenvalue weighted by molar-refractivity contribution is -0.133. The van der Waals surface area contributed by atoms with Crippen LogP contribution in [-0.4, -0.2) is 54.7 Å². The Balaban J connectivity index is 1.63. The van der Waals surface area contributed by atoms with Crippen molar-refractivity contribution in [3.8, 4) is 0 Å². The number of pyridine rings is 1. The van der Waals surface area contributed by atoms with Crippen molar-refractivity contribution in [3.05, 3.63) is 23.9 Å². The Hall–Kier alpha value is -1.66. The van der Waals surface area contributed by atoms with Crippen LogP contribution in [0.15, 0.2) is 18.3 Å². The van der Waals surface area contributed by atoms with Crippen molar-refractivity contribution in [2.24, 2.45) is 0 Å². The molecule has 114 valence electrons. The molecule has 1 atom stereocenters. The summed E-state index contributed by atoms with van der Waals surface area (Å²) in [5, 5.41) is 6.08. The number of aromatic nitrogens is 1. The van der Waals surface area contributed by atoms with Gasteiger partial charge in [-0.25, -0.2) is 4.98 Å². The highest BCUT2D eigenvalue weighted by Crippen LogP contribution is 2.20. The average Bonchev–Trinajstić information content (AvgIpc) is 3.32. The van der Waals surface area contributed by atoms with E-state index in [4.69, 9.17) is 4.74 Å². The second kappa shape index (κ2) is 6.41. The number of carbonyl (C=O) groups excluding carboxylic acids is 1. The smallest absolute Gasteiger partial charge is 0.239 e. The second-order valence-corrected chi connectivity index (χ2v) is 5.65. The summed E-state index contributed by atoms with van der Waals surface area (Å²) in [6.45, 7) is 2.65. The van der Waals surface area contributed by atoms with E-state index in [1.165, 1.54) is 0 Å². The van der Waals surface area contributed by atoms with Crippen molar-refractivity contribution in [1.29, 1.82) is 0 Å². The quantitative estimate of drug-likeness (QED) is 0.831. The zero-order chi connectivity index (χ0) is 14.7. The van der Waals surface area contributed by atoms with E-state index in [1.54, 1.807) is 0 Å². The Bertz CT molecular complexity index is 487. The first-order valence-corrected chi connectivity index (χ1v) is 7.51. The topological polar surface area (TPSA) is 66.5 Å². The molecule has 1 aromatic rings. The summed E-state index contributed by atoms with van der Waals surface area (Å²) < 4.78 is 5.48. The molecular formula is C15H22N4O2. The number of rotatable bonds is 5. The lowest BCUT2D eigenvalue weighted by atomic mass is 10.1. The lowest BCUT2D eigenvalue weighted by Crippen LogP contribution is -2.53. The van der Waals surface area contributed by atoms with Gasteiger partial charge in [0.1, 0.15) is 11.9 Å². The highest BCUT2D eigenvalue weighted by Gasteiger charge is 2.33. The Morgan fingerprint density at radius 3 is 3.00 bits per heavy atom. The fourth-order valence-corrected chi connectivity index (χ4v) is 2.49. The van der Waals surface area contributed by atoms with Gasteiger partial charge < -0.3 is 15.4 Å². The van der Waals surface area contributed by atoms with Crippen molar-refractivity contribution < 1.29 is 9.53 Å². The van der Waals surface area contributed by atoms with E-state index in [9.17, 15) is 4.79 Å². The van der Waals surface area contributed by atoms with E-state index in [-0.39, 0.29) is 11.9 Å². The zero-order valence-electron chi connectivity index (χ0n) is 12.3. The number of amides is 1. The Kier molecular flexibility index (Phi) is 4.36. The van der Waals surface area contributed by atoms with Crippen molar-refractivity contribution in [1.82, 2.24) is 15.2 Å². The van der Waals surface area contributed by atoms with Crippen LogP contribution in [0.25, 0.3) is 0 Å². The molecule has 6 heteroatoms. The van der Waals surface area contributed by atoms with Crippen LogP contribution in [0.5, 0.6) is 0 Å². The first kappa shape index (κ1) is 14.3. The average molecular weight is 290 g/mol. The van der Waals surface area contributed by atoms with E-state index in [0.29, 0.717) is 19.3 Å². The van der Waals surface area contributed by atoms with Gasteiger partial charge in [-0.1, -0.05) is 6.07 Å².